The SMILES string of the molecule is N[C@H]1C(O)OC(CO)[C@H](O)[C@@H]1O. The second-order valence-electron chi connectivity index (χ2n) is 2.81. The average Bonchev–Trinajstić information content (AvgIpc) is 2.08. The van der Waals surface area contributed by atoms with Crippen molar-refractivity contribution in [2.75, 3.05) is 6.61 Å². The monoisotopic (exact) mass is 179 g/mol. The molecule has 0 amide bonds. The molecule has 1 rings (SSSR count). The van der Waals surface area contributed by atoms with E-state index >= 15 is 0 Å². The van der Waals surface area contributed by atoms with Crippen LogP contribution in [0, 0.1) is 0 Å². The molecule has 0 aromatic carbocycles. The Labute approximate surface area is 69.2 Å². The smallest absolute Gasteiger partial charge is 0.173 e. The van der Waals surface area contributed by atoms with Gasteiger partial charge in [-0.1, -0.05) is 0 Å². The van der Waals surface area contributed by atoms with Gasteiger partial charge in [-0.15, -0.1) is 0 Å². The van der Waals surface area contributed by atoms with Gasteiger partial charge in [0.15, 0.2) is 6.29 Å². The average molecular weight is 179 g/mol. The Balaban J connectivity index is 2.63. The van der Waals surface area contributed by atoms with Crippen molar-refractivity contribution in [3.63, 3.8) is 0 Å². The standard InChI is InChI=1S/C6H13NO5/c7-3-5(10)4(9)2(1-8)12-6(3)11/h2-6,8-11H,1,7H2/t2?,3-,4+,5-,6?/m1/s1. The Hall–Kier alpha value is -0.240. The Bertz CT molecular complexity index is 150. The lowest BCUT2D eigenvalue weighted by molar-refractivity contribution is -0.248. The van der Waals surface area contributed by atoms with E-state index in [-0.39, 0.29) is 0 Å². The first kappa shape index (κ1) is 9.85. The van der Waals surface area contributed by atoms with E-state index in [4.69, 9.17) is 20.7 Å². The Morgan fingerprint density at radius 1 is 1.17 bits per heavy atom. The molecule has 1 aliphatic rings. The first-order chi connectivity index (χ1) is 5.57. The zero-order valence-corrected chi connectivity index (χ0v) is 6.37. The zero-order valence-electron chi connectivity index (χ0n) is 6.37. The maximum Gasteiger partial charge on any atom is 0.173 e. The number of nitrogens with two attached hydrogens (primary N) is 1. The molecule has 0 saturated carbocycles. The number of hydrogen-bond donors (Lipinski definition) is 5. The first-order valence-electron chi connectivity index (χ1n) is 3.64. The van der Waals surface area contributed by atoms with E-state index in [1.807, 2.05) is 0 Å². The highest BCUT2D eigenvalue weighted by Crippen LogP contribution is 2.17. The highest BCUT2D eigenvalue weighted by molar-refractivity contribution is 4.90. The van der Waals surface area contributed by atoms with Crippen molar-refractivity contribution in [2.45, 2.75) is 30.6 Å². The van der Waals surface area contributed by atoms with Crippen molar-refractivity contribution in [3.8, 4) is 0 Å². The fourth-order valence-electron chi connectivity index (χ4n) is 1.12. The summed E-state index contributed by atoms with van der Waals surface area (Å²) in [6.45, 7) is -0.470. The predicted octanol–water partition coefficient (Wildman–Crippen LogP) is -3.25. The number of rotatable bonds is 1. The van der Waals surface area contributed by atoms with Crippen LogP contribution in [0.25, 0.3) is 0 Å². The van der Waals surface area contributed by atoms with Crippen LogP contribution in [0.3, 0.4) is 0 Å². The van der Waals surface area contributed by atoms with Gasteiger partial charge in [0.2, 0.25) is 0 Å². The number of aliphatic hydroxyl groups is 4. The normalized spacial score (nSPS) is 49.2. The fourth-order valence-corrected chi connectivity index (χ4v) is 1.12. The third-order valence-electron chi connectivity index (χ3n) is 1.95. The molecule has 5 atom stereocenters. The highest BCUT2D eigenvalue weighted by Gasteiger charge is 2.41. The molecule has 0 aliphatic carbocycles. The third-order valence-corrected chi connectivity index (χ3v) is 1.95. The van der Waals surface area contributed by atoms with Gasteiger partial charge >= 0.3 is 0 Å². The molecule has 6 heteroatoms. The molecule has 1 aliphatic heterocycles. The highest BCUT2D eigenvalue weighted by atomic mass is 16.6. The van der Waals surface area contributed by atoms with Crippen molar-refractivity contribution in [2.24, 2.45) is 5.73 Å². The maximum atomic E-state index is 9.20. The fraction of sp³-hybridized carbons (Fsp3) is 1.00. The lowest BCUT2D eigenvalue weighted by atomic mass is 9.98. The second kappa shape index (κ2) is 3.65. The topological polar surface area (TPSA) is 116 Å². The molecule has 0 radical (unpaired) electrons. The number of ether oxygens (including phenoxy) is 1. The van der Waals surface area contributed by atoms with Crippen molar-refractivity contribution in [1.29, 1.82) is 0 Å². The van der Waals surface area contributed by atoms with E-state index in [1.165, 1.54) is 0 Å². The quantitative estimate of drug-likeness (QED) is 0.288. The molecule has 2 unspecified atom stereocenters. The van der Waals surface area contributed by atoms with Crippen LogP contribution in [-0.2, 0) is 4.74 Å². The summed E-state index contributed by atoms with van der Waals surface area (Å²) in [4.78, 5) is 0. The molecule has 72 valence electrons. The second-order valence-corrected chi connectivity index (χ2v) is 2.81. The Morgan fingerprint density at radius 3 is 2.25 bits per heavy atom. The summed E-state index contributed by atoms with van der Waals surface area (Å²) < 4.78 is 4.70. The predicted molar refractivity (Wildman–Crippen MR) is 38.0 cm³/mol. The minimum Gasteiger partial charge on any atom is -0.394 e. The Morgan fingerprint density at radius 2 is 1.75 bits per heavy atom. The van der Waals surface area contributed by atoms with Crippen molar-refractivity contribution in [1.82, 2.24) is 0 Å². The van der Waals surface area contributed by atoms with Crippen LogP contribution in [-0.4, -0.2) is 57.7 Å². The van der Waals surface area contributed by atoms with Crippen LogP contribution < -0.4 is 5.73 Å². The van der Waals surface area contributed by atoms with E-state index in [0.717, 1.165) is 0 Å². The molecule has 0 aromatic rings. The van der Waals surface area contributed by atoms with E-state index < -0.39 is 37.3 Å². The van der Waals surface area contributed by atoms with E-state index in [9.17, 15) is 10.2 Å². The van der Waals surface area contributed by atoms with Crippen LogP contribution in [0.4, 0.5) is 0 Å². The first-order valence-corrected chi connectivity index (χ1v) is 3.64. The molecule has 1 heterocycles. The lowest BCUT2D eigenvalue weighted by Crippen LogP contribution is -2.61. The van der Waals surface area contributed by atoms with Crippen molar-refractivity contribution < 1.29 is 25.2 Å². The van der Waals surface area contributed by atoms with E-state index in [0.29, 0.717) is 0 Å². The molecular formula is C6H13NO5. The summed E-state index contributed by atoms with van der Waals surface area (Å²) >= 11 is 0. The summed E-state index contributed by atoms with van der Waals surface area (Å²) in [6.07, 6.45) is -4.85. The molecule has 1 fully saturated rings. The minimum atomic E-state index is -1.35. The molecule has 12 heavy (non-hydrogen) atoms. The van der Waals surface area contributed by atoms with Gasteiger partial charge in [0.25, 0.3) is 0 Å². The summed E-state index contributed by atoms with van der Waals surface area (Å²) in [5.74, 6) is 0. The van der Waals surface area contributed by atoms with Gasteiger partial charge in [-0.25, -0.2) is 0 Å². The maximum absolute atomic E-state index is 9.20. The summed E-state index contributed by atoms with van der Waals surface area (Å²) in [5, 5.41) is 36.1. The zero-order chi connectivity index (χ0) is 9.30. The number of hydrogen-bond acceptors (Lipinski definition) is 6. The van der Waals surface area contributed by atoms with E-state index in [1.54, 1.807) is 0 Å². The van der Waals surface area contributed by atoms with Gasteiger partial charge in [-0.3, -0.25) is 0 Å². The van der Waals surface area contributed by atoms with Gasteiger partial charge in [0.1, 0.15) is 18.3 Å². The molecule has 6 N–H and O–H groups in total. The summed E-state index contributed by atoms with van der Waals surface area (Å²) in [5.41, 5.74) is 5.26. The van der Waals surface area contributed by atoms with Crippen LogP contribution >= 0.6 is 0 Å². The minimum absolute atomic E-state index is 0.470. The largest absolute Gasteiger partial charge is 0.394 e. The molecule has 0 bridgehead atoms. The lowest BCUT2D eigenvalue weighted by Gasteiger charge is -2.38. The van der Waals surface area contributed by atoms with E-state index in [2.05, 4.69) is 0 Å². The summed E-state index contributed by atoms with van der Waals surface area (Å²) in [7, 11) is 0. The van der Waals surface area contributed by atoms with Crippen LogP contribution in [0.1, 0.15) is 0 Å². The Kier molecular flexibility index (Phi) is 2.99. The molecular weight excluding hydrogens is 166 g/mol. The number of aliphatic hydroxyl groups excluding tert-OH is 4. The van der Waals surface area contributed by atoms with Gasteiger partial charge in [0, 0.05) is 0 Å². The van der Waals surface area contributed by atoms with Crippen LogP contribution in [0.2, 0.25) is 0 Å². The molecule has 6 nitrogen and oxygen atoms in total. The van der Waals surface area contributed by atoms with Gasteiger partial charge in [-0.05, 0) is 0 Å². The molecule has 1 saturated heterocycles. The van der Waals surface area contributed by atoms with Gasteiger partial charge in [-0.2, -0.15) is 0 Å². The molecule has 0 aromatic heterocycles. The van der Waals surface area contributed by atoms with Gasteiger partial charge < -0.3 is 30.9 Å². The van der Waals surface area contributed by atoms with Crippen LogP contribution in [0.15, 0.2) is 0 Å². The summed E-state index contributed by atoms with van der Waals surface area (Å²) in [6, 6.07) is -1.04. The third kappa shape index (κ3) is 1.58. The van der Waals surface area contributed by atoms with Gasteiger partial charge in [0.05, 0.1) is 12.6 Å². The van der Waals surface area contributed by atoms with Crippen molar-refractivity contribution >= 4 is 0 Å². The molecule has 0 spiro atoms. The van der Waals surface area contributed by atoms with Crippen molar-refractivity contribution in [3.05, 3.63) is 0 Å². The van der Waals surface area contributed by atoms with Crippen LogP contribution in [0.5, 0.6) is 0 Å².